The zero-order chi connectivity index (χ0) is 17.9. The van der Waals surface area contributed by atoms with Gasteiger partial charge in [0, 0.05) is 38.8 Å². The van der Waals surface area contributed by atoms with Crippen LogP contribution in [0.3, 0.4) is 0 Å². The number of hydrogen-bond donors (Lipinski definition) is 1. The first-order valence-corrected chi connectivity index (χ1v) is 7.21. The van der Waals surface area contributed by atoms with E-state index in [1.807, 2.05) is 0 Å². The van der Waals surface area contributed by atoms with Crippen molar-refractivity contribution < 1.29 is 27.6 Å². The van der Waals surface area contributed by atoms with Crippen LogP contribution in [0.25, 0.3) is 0 Å². The Morgan fingerprint density at radius 2 is 1.46 bits per heavy atom. The van der Waals surface area contributed by atoms with E-state index in [1.165, 1.54) is 11.8 Å². The molecular weight excluding hydrogens is 327 g/mol. The molecule has 1 aliphatic heterocycles. The second-order valence-corrected chi connectivity index (χ2v) is 5.33. The van der Waals surface area contributed by atoms with Crippen LogP contribution in [0.1, 0.15) is 12.5 Å². The van der Waals surface area contributed by atoms with Crippen molar-refractivity contribution in [3.63, 3.8) is 0 Å². The third kappa shape index (κ3) is 4.24. The molecule has 6 nitrogen and oxygen atoms in total. The number of piperazine rings is 1. The third-order valence-corrected chi connectivity index (χ3v) is 3.68. The van der Waals surface area contributed by atoms with E-state index < -0.39 is 23.6 Å². The average molecular weight is 343 g/mol. The maximum absolute atomic E-state index is 12.5. The number of nitrogens with zero attached hydrogens (tertiary/aromatic N) is 2. The summed E-state index contributed by atoms with van der Waals surface area (Å²) in [5.74, 6) is -1.81. The zero-order valence-corrected chi connectivity index (χ0v) is 12.9. The molecule has 0 bridgehead atoms. The molecule has 0 atom stereocenters. The van der Waals surface area contributed by atoms with Crippen molar-refractivity contribution in [3.8, 4) is 0 Å². The van der Waals surface area contributed by atoms with Crippen LogP contribution in [0.5, 0.6) is 0 Å². The van der Waals surface area contributed by atoms with Crippen molar-refractivity contribution in [3.05, 3.63) is 29.8 Å². The number of nitrogens with one attached hydrogen (secondary N) is 1. The molecule has 0 aromatic heterocycles. The number of hydrogen-bond acceptors (Lipinski definition) is 3. The van der Waals surface area contributed by atoms with Gasteiger partial charge in [0.15, 0.2) is 0 Å². The quantitative estimate of drug-likeness (QED) is 0.782. The molecule has 1 aliphatic rings. The highest BCUT2D eigenvalue weighted by Gasteiger charge is 2.30. The summed E-state index contributed by atoms with van der Waals surface area (Å²) in [4.78, 5) is 38.0. The van der Waals surface area contributed by atoms with Crippen LogP contribution in [-0.4, -0.2) is 53.7 Å². The highest BCUT2D eigenvalue weighted by Crippen LogP contribution is 2.29. The predicted molar refractivity (Wildman–Crippen MR) is 78.9 cm³/mol. The van der Waals surface area contributed by atoms with Gasteiger partial charge in [-0.1, -0.05) is 0 Å². The summed E-state index contributed by atoms with van der Waals surface area (Å²) >= 11 is 0. The highest BCUT2D eigenvalue weighted by atomic mass is 19.4. The first-order chi connectivity index (χ1) is 11.2. The number of rotatable bonds is 1. The van der Waals surface area contributed by atoms with Crippen molar-refractivity contribution in [1.29, 1.82) is 0 Å². The van der Waals surface area contributed by atoms with Gasteiger partial charge in [-0.2, -0.15) is 13.2 Å². The fourth-order valence-corrected chi connectivity index (χ4v) is 2.30. The number of anilines is 1. The molecule has 0 saturated carbocycles. The molecule has 1 N–H and O–H groups in total. The molecule has 2 rings (SSSR count). The number of alkyl halides is 3. The summed E-state index contributed by atoms with van der Waals surface area (Å²) in [5, 5.41) is 2.27. The fraction of sp³-hybridized carbons (Fsp3) is 0.400. The number of carbonyl (C=O) groups is 3. The monoisotopic (exact) mass is 343 g/mol. The average Bonchev–Trinajstić information content (AvgIpc) is 2.54. The lowest BCUT2D eigenvalue weighted by molar-refractivity contribution is -0.145. The van der Waals surface area contributed by atoms with E-state index in [9.17, 15) is 27.6 Å². The summed E-state index contributed by atoms with van der Waals surface area (Å²) in [6.07, 6.45) is -4.46. The number of halogens is 3. The maximum atomic E-state index is 12.5. The van der Waals surface area contributed by atoms with E-state index in [2.05, 4.69) is 5.32 Å². The molecule has 1 aromatic rings. The van der Waals surface area contributed by atoms with E-state index in [0.29, 0.717) is 13.1 Å². The summed E-state index contributed by atoms with van der Waals surface area (Å²) < 4.78 is 37.4. The smallest absolute Gasteiger partial charge is 0.339 e. The lowest BCUT2D eigenvalue weighted by Crippen LogP contribution is -2.52. The Hall–Kier alpha value is -2.58. The van der Waals surface area contributed by atoms with Crippen LogP contribution in [0.15, 0.2) is 24.3 Å². The summed E-state index contributed by atoms with van der Waals surface area (Å²) in [5.41, 5.74) is -0.740. The Kier molecular flexibility index (Phi) is 5.10. The van der Waals surface area contributed by atoms with Crippen molar-refractivity contribution in [2.45, 2.75) is 13.1 Å². The van der Waals surface area contributed by atoms with Crippen molar-refractivity contribution in [1.82, 2.24) is 9.80 Å². The van der Waals surface area contributed by atoms with Crippen molar-refractivity contribution >= 4 is 23.4 Å². The Bertz CT molecular complexity index is 636. The minimum atomic E-state index is -4.46. The van der Waals surface area contributed by atoms with Crippen LogP contribution in [0.4, 0.5) is 18.9 Å². The normalized spacial score (nSPS) is 15.2. The lowest BCUT2D eigenvalue weighted by Gasteiger charge is -2.33. The second-order valence-electron chi connectivity index (χ2n) is 5.33. The van der Waals surface area contributed by atoms with Crippen LogP contribution in [-0.2, 0) is 20.6 Å². The van der Waals surface area contributed by atoms with Crippen LogP contribution >= 0.6 is 0 Å². The van der Waals surface area contributed by atoms with E-state index >= 15 is 0 Å². The molecule has 1 heterocycles. The Morgan fingerprint density at radius 1 is 0.958 bits per heavy atom. The van der Waals surface area contributed by atoms with Gasteiger partial charge in [-0.25, -0.2) is 0 Å². The summed E-state index contributed by atoms with van der Waals surface area (Å²) in [7, 11) is 0. The highest BCUT2D eigenvalue weighted by molar-refractivity contribution is 6.39. The van der Waals surface area contributed by atoms with E-state index in [4.69, 9.17) is 0 Å². The topological polar surface area (TPSA) is 69.7 Å². The van der Waals surface area contributed by atoms with E-state index in [-0.39, 0.29) is 24.7 Å². The molecule has 9 heteroatoms. The molecule has 1 aromatic carbocycles. The fourth-order valence-electron chi connectivity index (χ4n) is 2.30. The Labute approximate surface area is 136 Å². The van der Waals surface area contributed by atoms with Gasteiger partial charge in [0.25, 0.3) is 0 Å². The molecular formula is C15H16F3N3O3. The molecule has 130 valence electrons. The Morgan fingerprint density at radius 3 is 1.92 bits per heavy atom. The molecule has 0 spiro atoms. The molecule has 3 amide bonds. The number of amides is 3. The molecule has 24 heavy (non-hydrogen) atoms. The van der Waals surface area contributed by atoms with Crippen LogP contribution < -0.4 is 5.32 Å². The van der Waals surface area contributed by atoms with Gasteiger partial charge in [-0.05, 0) is 24.3 Å². The van der Waals surface area contributed by atoms with Gasteiger partial charge < -0.3 is 15.1 Å². The molecule has 1 saturated heterocycles. The SMILES string of the molecule is CC(=O)N1CCN(C(=O)C(=O)Nc2ccc(C(F)(F)F)cc2)CC1. The minimum absolute atomic E-state index is 0.101. The van der Waals surface area contributed by atoms with Gasteiger partial charge >= 0.3 is 18.0 Å². The van der Waals surface area contributed by atoms with Crippen molar-refractivity contribution in [2.24, 2.45) is 0 Å². The molecule has 0 unspecified atom stereocenters. The summed E-state index contributed by atoms with van der Waals surface area (Å²) in [6.45, 7) is 2.58. The largest absolute Gasteiger partial charge is 0.416 e. The molecule has 0 aliphatic carbocycles. The predicted octanol–water partition coefficient (Wildman–Crippen LogP) is 1.33. The standard InChI is InChI=1S/C15H16F3N3O3/c1-10(22)20-6-8-21(9-7-20)14(24)13(23)19-12-4-2-11(3-5-12)15(16,17)18/h2-5H,6-9H2,1H3,(H,19,23). The maximum Gasteiger partial charge on any atom is 0.416 e. The van der Waals surface area contributed by atoms with Gasteiger partial charge in [0.1, 0.15) is 0 Å². The minimum Gasteiger partial charge on any atom is -0.339 e. The molecule has 1 fully saturated rings. The Balaban J connectivity index is 1.92. The van der Waals surface area contributed by atoms with Gasteiger partial charge in [0.05, 0.1) is 5.56 Å². The second kappa shape index (κ2) is 6.90. The number of carbonyl (C=O) groups excluding carboxylic acids is 3. The van der Waals surface area contributed by atoms with Gasteiger partial charge in [0.2, 0.25) is 5.91 Å². The van der Waals surface area contributed by atoms with Gasteiger partial charge in [-0.15, -0.1) is 0 Å². The van der Waals surface area contributed by atoms with E-state index in [0.717, 1.165) is 24.3 Å². The van der Waals surface area contributed by atoms with E-state index in [1.54, 1.807) is 4.90 Å². The van der Waals surface area contributed by atoms with Crippen LogP contribution in [0.2, 0.25) is 0 Å². The zero-order valence-electron chi connectivity index (χ0n) is 12.9. The van der Waals surface area contributed by atoms with Gasteiger partial charge in [-0.3, -0.25) is 14.4 Å². The lowest BCUT2D eigenvalue weighted by atomic mass is 10.2. The summed E-state index contributed by atoms with van der Waals surface area (Å²) in [6, 6.07) is 3.82. The van der Waals surface area contributed by atoms with Crippen molar-refractivity contribution in [2.75, 3.05) is 31.5 Å². The first-order valence-electron chi connectivity index (χ1n) is 7.21. The number of benzene rings is 1. The third-order valence-electron chi connectivity index (χ3n) is 3.68. The van der Waals surface area contributed by atoms with Crippen LogP contribution in [0, 0.1) is 0 Å². The molecule has 0 radical (unpaired) electrons. The first kappa shape index (κ1) is 17.8.